The molecule has 0 saturated carbocycles. The Morgan fingerprint density at radius 1 is 1.38 bits per heavy atom. The number of rotatable bonds is 6. The molecule has 1 fully saturated rings. The van der Waals surface area contributed by atoms with Gasteiger partial charge < -0.3 is 10.0 Å². The molecule has 118 valence electrons. The lowest BCUT2D eigenvalue weighted by atomic mass is 10.2. The molecule has 1 aromatic rings. The highest BCUT2D eigenvalue weighted by molar-refractivity contribution is 7.89. The maximum Gasteiger partial charge on any atom is 0.240 e. The summed E-state index contributed by atoms with van der Waals surface area (Å²) >= 11 is 5.95. The second-order valence-electron chi connectivity index (χ2n) is 5.44. The third kappa shape index (κ3) is 4.40. The first kappa shape index (κ1) is 16.7. The molecule has 1 aromatic carbocycles. The van der Waals surface area contributed by atoms with Crippen molar-refractivity contribution in [2.24, 2.45) is 0 Å². The zero-order valence-electron chi connectivity index (χ0n) is 12.0. The van der Waals surface area contributed by atoms with Gasteiger partial charge in [-0.1, -0.05) is 17.7 Å². The average Bonchev–Trinajstić information content (AvgIpc) is 2.90. The van der Waals surface area contributed by atoms with E-state index in [-0.39, 0.29) is 22.6 Å². The summed E-state index contributed by atoms with van der Waals surface area (Å²) < 4.78 is 27.3. The molecule has 1 aliphatic rings. The fourth-order valence-electron chi connectivity index (χ4n) is 2.55. The minimum absolute atomic E-state index is 0.123. The van der Waals surface area contributed by atoms with Crippen LogP contribution in [0, 0.1) is 0 Å². The van der Waals surface area contributed by atoms with Gasteiger partial charge in [0.05, 0.1) is 11.5 Å². The van der Waals surface area contributed by atoms with E-state index in [1.165, 1.54) is 31.0 Å². The molecule has 2 N–H and O–H groups in total. The Labute approximate surface area is 131 Å². The second-order valence-corrected chi connectivity index (χ2v) is 7.56. The molecule has 2 rings (SSSR count). The monoisotopic (exact) mass is 332 g/mol. The number of nitrogens with one attached hydrogen (secondary N) is 1. The number of nitrogens with zero attached hydrogens (tertiary/aromatic N) is 1. The zero-order chi connectivity index (χ0) is 15.5. The van der Waals surface area contributed by atoms with E-state index in [9.17, 15) is 8.42 Å². The maximum absolute atomic E-state index is 12.3. The van der Waals surface area contributed by atoms with Crippen LogP contribution in [0.25, 0.3) is 0 Å². The van der Waals surface area contributed by atoms with E-state index in [1.54, 1.807) is 0 Å². The molecule has 0 aromatic heterocycles. The summed E-state index contributed by atoms with van der Waals surface area (Å²) in [6.45, 7) is 4.42. The van der Waals surface area contributed by atoms with Crippen molar-refractivity contribution in [1.82, 2.24) is 9.62 Å². The van der Waals surface area contributed by atoms with Crippen molar-refractivity contribution in [2.45, 2.75) is 37.3 Å². The molecule has 7 heteroatoms. The fraction of sp³-hybridized carbons (Fsp3) is 0.571. The molecular formula is C14H21ClN2O3S. The number of hydrogen-bond acceptors (Lipinski definition) is 4. The van der Waals surface area contributed by atoms with E-state index in [4.69, 9.17) is 16.7 Å². The SMILES string of the molecule is CC(CN1CCCC1)NS(=O)(=O)c1ccc(CO)c(Cl)c1. The summed E-state index contributed by atoms with van der Waals surface area (Å²) in [6.07, 6.45) is 2.36. The molecule has 1 unspecified atom stereocenters. The maximum atomic E-state index is 12.3. The highest BCUT2D eigenvalue weighted by Crippen LogP contribution is 2.21. The average molecular weight is 333 g/mol. The van der Waals surface area contributed by atoms with E-state index in [0.29, 0.717) is 12.1 Å². The van der Waals surface area contributed by atoms with Crippen LogP contribution in [0.15, 0.2) is 23.1 Å². The number of benzene rings is 1. The second kappa shape index (κ2) is 7.07. The number of likely N-dealkylation sites (tertiary alicyclic amines) is 1. The number of aliphatic hydroxyl groups is 1. The molecule has 1 saturated heterocycles. The van der Waals surface area contributed by atoms with Gasteiger partial charge in [0, 0.05) is 17.6 Å². The van der Waals surface area contributed by atoms with Gasteiger partial charge in [-0.05, 0) is 50.6 Å². The van der Waals surface area contributed by atoms with Crippen molar-refractivity contribution in [3.63, 3.8) is 0 Å². The summed E-state index contributed by atoms with van der Waals surface area (Å²) in [5.74, 6) is 0. The topological polar surface area (TPSA) is 69.6 Å². The third-order valence-electron chi connectivity index (χ3n) is 3.59. The Balaban J connectivity index is 2.05. The van der Waals surface area contributed by atoms with Crippen molar-refractivity contribution in [3.8, 4) is 0 Å². The van der Waals surface area contributed by atoms with E-state index >= 15 is 0 Å². The number of sulfonamides is 1. The molecule has 0 aliphatic carbocycles. The predicted molar refractivity (Wildman–Crippen MR) is 82.8 cm³/mol. The molecule has 0 bridgehead atoms. The van der Waals surface area contributed by atoms with Crippen LogP contribution in [0.1, 0.15) is 25.3 Å². The quantitative estimate of drug-likeness (QED) is 0.830. The minimum atomic E-state index is -3.59. The van der Waals surface area contributed by atoms with Gasteiger partial charge in [-0.2, -0.15) is 0 Å². The standard InChI is InChI=1S/C14H21ClN2O3S/c1-11(9-17-6-2-3-7-17)16-21(19,20)13-5-4-12(10-18)14(15)8-13/h4-5,8,11,16,18H,2-3,6-7,9-10H2,1H3. The molecular weight excluding hydrogens is 312 g/mol. The summed E-state index contributed by atoms with van der Waals surface area (Å²) in [5.41, 5.74) is 0.515. The first-order valence-electron chi connectivity index (χ1n) is 7.06. The molecule has 0 spiro atoms. The molecule has 0 amide bonds. The van der Waals surface area contributed by atoms with Crippen LogP contribution in [0.4, 0.5) is 0 Å². The highest BCUT2D eigenvalue weighted by Gasteiger charge is 2.21. The van der Waals surface area contributed by atoms with Crippen LogP contribution in [-0.4, -0.2) is 44.1 Å². The van der Waals surface area contributed by atoms with Crippen molar-refractivity contribution < 1.29 is 13.5 Å². The molecule has 1 atom stereocenters. The zero-order valence-corrected chi connectivity index (χ0v) is 13.6. The molecule has 0 radical (unpaired) electrons. The van der Waals surface area contributed by atoms with Crippen LogP contribution < -0.4 is 4.72 Å². The van der Waals surface area contributed by atoms with Crippen molar-refractivity contribution >= 4 is 21.6 Å². The Hall–Kier alpha value is -0.660. The van der Waals surface area contributed by atoms with Gasteiger partial charge in [0.15, 0.2) is 0 Å². The normalized spacial score (nSPS) is 18.0. The molecule has 1 heterocycles. The van der Waals surface area contributed by atoms with Gasteiger partial charge in [-0.3, -0.25) is 0 Å². The van der Waals surface area contributed by atoms with Crippen molar-refractivity contribution in [3.05, 3.63) is 28.8 Å². The number of hydrogen-bond donors (Lipinski definition) is 2. The van der Waals surface area contributed by atoms with Crippen LogP contribution in [-0.2, 0) is 16.6 Å². The number of halogens is 1. The van der Waals surface area contributed by atoms with Gasteiger partial charge in [0.25, 0.3) is 0 Å². The highest BCUT2D eigenvalue weighted by atomic mass is 35.5. The largest absolute Gasteiger partial charge is 0.392 e. The first-order valence-corrected chi connectivity index (χ1v) is 8.92. The Morgan fingerprint density at radius 2 is 2.05 bits per heavy atom. The molecule has 1 aliphatic heterocycles. The summed E-state index contributed by atoms with van der Waals surface area (Å²) in [4.78, 5) is 2.38. The minimum Gasteiger partial charge on any atom is -0.392 e. The lowest BCUT2D eigenvalue weighted by Crippen LogP contribution is -2.41. The van der Waals surface area contributed by atoms with E-state index in [2.05, 4.69) is 9.62 Å². The lowest BCUT2D eigenvalue weighted by Gasteiger charge is -2.21. The molecule has 21 heavy (non-hydrogen) atoms. The fourth-order valence-corrected chi connectivity index (χ4v) is 4.11. The van der Waals surface area contributed by atoms with Gasteiger partial charge >= 0.3 is 0 Å². The van der Waals surface area contributed by atoms with Gasteiger partial charge in [0.2, 0.25) is 10.0 Å². The summed E-state index contributed by atoms with van der Waals surface area (Å²) in [7, 11) is -3.59. The lowest BCUT2D eigenvalue weighted by molar-refractivity contribution is 0.282. The van der Waals surface area contributed by atoms with Crippen LogP contribution in [0.2, 0.25) is 5.02 Å². The van der Waals surface area contributed by atoms with Crippen molar-refractivity contribution in [2.75, 3.05) is 19.6 Å². The molecule has 5 nitrogen and oxygen atoms in total. The van der Waals surface area contributed by atoms with E-state index in [0.717, 1.165) is 13.1 Å². The summed E-state index contributed by atoms with van der Waals surface area (Å²) in [5, 5.41) is 9.32. The summed E-state index contributed by atoms with van der Waals surface area (Å²) in [6, 6.07) is 4.20. The Kier molecular flexibility index (Phi) is 5.62. The van der Waals surface area contributed by atoms with Gasteiger partial charge in [-0.25, -0.2) is 13.1 Å². The predicted octanol–water partition coefficient (Wildman–Crippen LogP) is 1.59. The first-order chi connectivity index (χ1) is 9.92. The van der Waals surface area contributed by atoms with E-state index in [1.807, 2.05) is 6.92 Å². The Bertz CT molecular complexity index is 586. The van der Waals surface area contributed by atoms with Crippen molar-refractivity contribution in [1.29, 1.82) is 0 Å². The van der Waals surface area contributed by atoms with Crippen LogP contribution in [0.3, 0.4) is 0 Å². The third-order valence-corrected chi connectivity index (χ3v) is 5.53. The van der Waals surface area contributed by atoms with Gasteiger partial charge in [-0.15, -0.1) is 0 Å². The number of aliphatic hydroxyl groups excluding tert-OH is 1. The van der Waals surface area contributed by atoms with Gasteiger partial charge in [0.1, 0.15) is 0 Å². The van der Waals surface area contributed by atoms with Crippen LogP contribution >= 0.6 is 11.6 Å². The van der Waals surface area contributed by atoms with E-state index < -0.39 is 10.0 Å². The smallest absolute Gasteiger partial charge is 0.240 e. The van der Waals surface area contributed by atoms with Crippen LogP contribution in [0.5, 0.6) is 0 Å². The Morgan fingerprint density at radius 3 is 2.62 bits per heavy atom.